The molecule has 11 heteroatoms. The van der Waals surface area contributed by atoms with Gasteiger partial charge in [0.2, 0.25) is 5.91 Å². The summed E-state index contributed by atoms with van der Waals surface area (Å²) in [5.41, 5.74) is 0.378. The molecular weight excluding hydrogens is 463 g/mol. The maximum absolute atomic E-state index is 13.3. The number of carbonyl (C=O) groups excluding carboxylic acids is 2. The van der Waals surface area contributed by atoms with Crippen molar-refractivity contribution >= 4 is 17.5 Å². The summed E-state index contributed by atoms with van der Waals surface area (Å²) in [6, 6.07) is 8.96. The van der Waals surface area contributed by atoms with Gasteiger partial charge in [0.25, 0.3) is 5.91 Å². The molecule has 2 heterocycles. The number of nitrogens with one attached hydrogen (secondary N) is 1. The summed E-state index contributed by atoms with van der Waals surface area (Å²) in [7, 11) is 1.52. The molecule has 0 bridgehead atoms. The molecule has 35 heavy (non-hydrogen) atoms. The number of hydrogen-bond acceptors (Lipinski definition) is 5. The molecule has 0 aliphatic carbocycles. The van der Waals surface area contributed by atoms with Gasteiger partial charge in [-0.1, -0.05) is 19.9 Å². The quantitative estimate of drug-likeness (QED) is 0.503. The first-order valence-electron chi connectivity index (χ1n) is 10.9. The summed E-state index contributed by atoms with van der Waals surface area (Å²) < 4.78 is 45.2. The van der Waals surface area contributed by atoms with Gasteiger partial charge in [-0.05, 0) is 37.1 Å². The molecule has 186 valence electrons. The second kappa shape index (κ2) is 10.6. The van der Waals surface area contributed by atoms with E-state index in [1.54, 1.807) is 31.2 Å². The lowest BCUT2D eigenvalue weighted by molar-refractivity contribution is -0.137. The van der Waals surface area contributed by atoms with Gasteiger partial charge in [0.15, 0.2) is 5.82 Å². The number of pyridine rings is 1. The SMILES string of the molecule is CCN(CC(=O)Nc1cccc(OC)c1)C(=O)c1cnn(-c2ccc(C(F)(F)F)cn2)c1C(C)C. The van der Waals surface area contributed by atoms with E-state index in [1.165, 1.54) is 29.0 Å². The lowest BCUT2D eigenvalue weighted by Crippen LogP contribution is -2.38. The Balaban J connectivity index is 1.83. The summed E-state index contributed by atoms with van der Waals surface area (Å²) in [5, 5.41) is 6.95. The number of hydrogen-bond donors (Lipinski definition) is 1. The summed E-state index contributed by atoms with van der Waals surface area (Å²) in [6.45, 7) is 5.47. The lowest BCUT2D eigenvalue weighted by Gasteiger charge is -2.21. The van der Waals surface area contributed by atoms with Crippen LogP contribution >= 0.6 is 0 Å². The molecule has 1 aromatic carbocycles. The molecule has 0 radical (unpaired) electrons. The van der Waals surface area contributed by atoms with Crippen LogP contribution in [0.5, 0.6) is 5.75 Å². The molecule has 0 saturated carbocycles. The Morgan fingerprint density at radius 1 is 1.17 bits per heavy atom. The van der Waals surface area contributed by atoms with Gasteiger partial charge in [0.1, 0.15) is 12.3 Å². The normalized spacial score (nSPS) is 11.4. The van der Waals surface area contributed by atoms with Gasteiger partial charge in [-0.2, -0.15) is 18.3 Å². The van der Waals surface area contributed by atoms with E-state index in [2.05, 4.69) is 15.4 Å². The summed E-state index contributed by atoms with van der Waals surface area (Å²) in [5.74, 6) is -0.284. The van der Waals surface area contributed by atoms with Crippen molar-refractivity contribution in [3.63, 3.8) is 0 Å². The van der Waals surface area contributed by atoms with Crippen molar-refractivity contribution in [1.29, 1.82) is 0 Å². The van der Waals surface area contributed by atoms with E-state index < -0.39 is 23.6 Å². The number of nitrogens with zero attached hydrogens (tertiary/aromatic N) is 4. The van der Waals surface area contributed by atoms with Crippen LogP contribution in [0.15, 0.2) is 48.8 Å². The minimum Gasteiger partial charge on any atom is -0.497 e. The number of alkyl halides is 3. The Kier molecular flexibility index (Phi) is 7.78. The van der Waals surface area contributed by atoms with E-state index in [9.17, 15) is 22.8 Å². The third-order valence-electron chi connectivity index (χ3n) is 5.23. The first kappa shape index (κ1) is 25.7. The number of likely N-dealkylation sites (N-methyl/N-ethyl adjacent to an activating group) is 1. The van der Waals surface area contributed by atoms with Crippen LogP contribution in [-0.2, 0) is 11.0 Å². The Morgan fingerprint density at radius 3 is 2.49 bits per heavy atom. The van der Waals surface area contributed by atoms with Crippen LogP contribution < -0.4 is 10.1 Å². The molecular formula is C24H26F3N5O3. The zero-order valence-electron chi connectivity index (χ0n) is 19.8. The van der Waals surface area contributed by atoms with Crippen molar-refractivity contribution in [2.75, 3.05) is 25.5 Å². The Morgan fingerprint density at radius 2 is 1.91 bits per heavy atom. The van der Waals surface area contributed by atoms with Crippen LogP contribution in [0.3, 0.4) is 0 Å². The Bertz CT molecular complexity index is 1190. The fourth-order valence-electron chi connectivity index (χ4n) is 3.51. The Labute approximate surface area is 200 Å². The summed E-state index contributed by atoms with van der Waals surface area (Å²) in [6.07, 6.45) is -2.44. The van der Waals surface area contributed by atoms with Gasteiger partial charge in [0, 0.05) is 24.5 Å². The highest BCUT2D eigenvalue weighted by Crippen LogP contribution is 2.29. The topological polar surface area (TPSA) is 89.4 Å². The van der Waals surface area contributed by atoms with E-state index in [0.717, 1.165) is 12.3 Å². The third-order valence-corrected chi connectivity index (χ3v) is 5.23. The van der Waals surface area contributed by atoms with Gasteiger partial charge in [-0.25, -0.2) is 9.67 Å². The fraction of sp³-hybridized carbons (Fsp3) is 0.333. The van der Waals surface area contributed by atoms with E-state index >= 15 is 0 Å². The number of amides is 2. The second-order valence-corrected chi connectivity index (χ2v) is 8.01. The monoisotopic (exact) mass is 489 g/mol. The molecule has 0 aliphatic rings. The van der Waals surface area contributed by atoms with E-state index in [1.807, 2.05) is 13.8 Å². The van der Waals surface area contributed by atoms with Crippen LogP contribution in [0.25, 0.3) is 5.82 Å². The van der Waals surface area contributed by atoms with E-state index in [4.69, 9.17) is 4.74 Å². The predicted molar refractivity (Wildman–Crippen MR) is 124 cm³/mol. The van der Waals surface area contributed by atoms with Gasteiger partial charge in [-0.3, -0.25) is 9.59 Å². The average Bonchev–Trinajstić information content (AvgIpc) is 3.27. The second-order valence-electron chi connectivity index (χ2n) is 8.01. The average molecular weight is 489 g/mol. The molecule has 0 unspecified atom stereocenters. The zero-order valence-corrected chi connectivity index (χ0v) is 19.8. The van der Waals surface area contributed by atoms with E-state index in [0.29, 0.717) is 17.1 Å². The molecule has 1 N–H and O–H groups in total. The van der Waals surface area contributed by atoms with Gasteiger partial charge in [0.05, 0.1) is 30.1 Å². The number of ether oxygens (including phenoxy) is 1. The number of halogens is 3. The summed E-state index contributed by atoms with van der Waals surface area (Å²) in [4.78, 5) is 31.2. The fourth-order valence-corrected chi connectivity index (χ4v) is 3.51. The first-order valence-corrected chi connectivity index (χ1v) is 10.9. The van der Waals surface area contributed by atoms with Crippen LogP contribution in [-0.4, -0.2) is 51.7 Å². The highest BCUT2D eigenvalue weighted by Gasteiger charge is 2.31. The van der Waals surface area contributed by atoms with Gasteiger partial charge in [-0.15, -0.1) is 0 Å². The number of anilines is 1. The van der Waals surface area contributed by atoms with Gasteiger partial charge >= 0.3 is 6.18 Å². The minimum absolute atomic E-state index is 0.152. The van der Waals surface area contributed by atoms with Crippen LogP contribution in [0.1, 0.15) is 48.3 Å². The number of methoxy groups -OCH3 is 1. The molecule has 8 nitrogen and oxygen atoms in total. The number of carbonyl (C=O) groups is 2. The molecule has 2 amide bonds. The van der Waals surface area contributed by atoms with E-state index in [-0.39, 0.29) is 30.4 Å². The van der Waals surface area contributed by atoms with Crippen LogP contribution in [0, 0.1) is 0 Å². The molecule has 2 aromatic heterocycles. The van der Waals surface area contributed by atoms with Crippen molar-refractivity contribution in [2.24, 2.45) is 0 Å². The van der Waals surface area contributed by atoms with Crippen LogP contribution in [0.2, 0.25) is 0 Å². The Hall–Kier alpha value is -3.89. The predicted octanol–water partition coefficient (Wildman–Crippen LogP) is 4.52. The first-order chi connectivity index (χ1) is 16.5. The molecule has 3 aromatic rings. The zero-order chi connectivity index (χ0) is 25.8. The number of aromatic nitrogens is 3. The van der Waals surface area contributed by atoms with Crippen molar-refractivity contribution < 1.29 is 27.5 Å². The molecule has 0 spiro atoms. The maximum atomic E-state index is 13.3. The molecule has 0 aliphatic heterocycles. The number of rotatable bonds is 8. The molecule has 0 fully saturated rings. The van der Waals surface area contributed by atoms with Crippen molar-refractivity contribution in [3.05, 3.63) is 65.6 Å². The van der Waals surface area contributed by atoms with Crippen molar-refractivity contribution in [3.8, 4) is 11.6 Å². The molecule has 0 atom stereocenters. The standard InChI is InChI=1S/C24H26F3N5O3/c1-5-31(14-21(33)30-17-7-6-8-18(11-17)35-4)23(34)19-13-29-32(22(19)15(2)3)20-10-9-16(12-28-20)24(25,26)27/h6-13,15H,5,14H2,1-4H3,(H,30,33). The molecule has 3 rings (SSSR count). The highest BCUT2D eigenvalue weighted by molar-refractivity contribution is 6.00. The summed E-state index contributed by atoms with van der Waals surface area (Å²) >= 11 is 0. The minimum atomic E-state index is -4.51. The van der Waals surface area contributed by atoms with Crippen LogP contribution in [0.4, 0.5) is 18.9 Å². The van der Waals surface area contributed by atoms with Crippen molar-refractivity contribution in [1.82, 2.24) is 19.7 Å². The number of benzene rings is 1. The highest BCUT2D eigenvalue weighted by atomic mass is 19.4. The largest absolute Gasteiger partial charge is 0.497 e. The molecule has 0 saturated heterocycles. The third kappa shape index (κ3) is 5.97. The lowest BCUT2D eigenvalue weighted by atomic mass is 10.0. The smallest absolute Gasteiger partial charge is 0.417 e. The van der Waals surface area contributed by atoms with Gasteiger partial charge < -0.3 is 15.0 Å². The maximum Gasteiger partial charge on any atom is 0.417 e. The van der Waals surface area contributed by atoms with Crippen molar-refractivity contribution in [2.45, 2.75) is 32.9 Å².